The summed E-state index contributed by atoms with van der Waals surface area (Å²) in [5.74, 6) is 0.911. The van der Waals surface area contributed by atoms with E-state index in [4.69, 9.17) is 5.73 Å². The summed E-state index contributed by atoms with van der Waals surface area (Å²) in [4.78, 5) is 2.58. The second-order valence-corrected chi connectivity index (χ2v) is 4.86. The smallest absolute Gasteiger partial charge is 0.00385 e. The van der Waals surface area contributed by atoms with Crippen LogP contribution in [0, 0.1) is 5.92 Å². The van der Waals surface area contributed by atoms with Gasteiger partial charge in [0.25, 0.3) is 0 Å². The molecular formula is C13H26N2. The summed E-state index contributed by atoms with van der Waals surface area (Å²) in [6.07, 6.45) is 9.57. The van der Waals surface area contributed by atoms with Crippen molar-refractivity contribution in [2.45, 2.75) is 45.6 Å². The molecule has 15 heavy (non-hydrogen) atoms. The normalized spacial score (nSPS) is 20.5. The maximum absolute atomic E-state index is 5.44. The van der Waals surface area contributed by atoms with Crippen LogP contribution < -0.4 is 5.73 Å². The van der Waals surface area contributed by atoms with Gasteiger partial charge in [-0.1, -0.05) is 12.2 Å². The van der Waals surface area contributed by atoms with Crippen molar-refractivity contribution in [1.82, 2.24) is 4.90 Å². The van der Waals surface area contributed by atoms with Gasteiger partial charge in [0.05, 0.1) is 0 Å². The monoisotopic (exact) mass is 210 g/mol. The van der Waals surface area contributed by atoms with Crippen LogP contribution in [0.25, 0.3) is 0 Å². The van der Waals surface area contributed by atoms with Crippen molar-refractivity contribution < 1.29 is 0 Å². The molecule has 0 aromatic carbocycles. The molecule has 0 radical (unpaired) electrons. The van der Waals surface area contributed by atoms with Crippen molar-refractivity contribution in [3.63, 3.8) is 0 Å². The number of hydrogen-bond donors (Lipinski definition) is 1. The van der Waals surface area contributed by atoms with Gasteiger partial charge >= 0.3 is 0 Å². The lowest BCUT2D eigenvalue weighted by Gasteiger charge is -2.34. The van der Waals surface area contributed by atoms with Crippen molar-refractivity contribution in [2.24, 2.45) is 11.7 Å². The van der Waals surface area contributed by atoms with Gasteiger partial charge in [-0.25, -0.2) is 0 Å². The maximum atomic E-state index is 5.44. The molecule has 0 amide bonds. The third kappa shape index (κ3) is 4.80. The molecule has 1 aliphatic rings. The summed E-state index contributed by atoms with van der Waals surface area (Å²) in [5, 5.41) is 0. The first-order chi connectivity index (χ1) is 7.24. The number of allylic oxidation sites excluding steroid dienone is 1. The third-order valence-electron chi connectivity index (χ3n) is 3.35. The molecule has 2 nitrogen and oxygen atoms in total. The van der Waals surface area contributed by atoms with Crippen LogP contribution in [0.2, 0.25) is 0 Å². The fourth-order valence-electron chi connectivity index (χ4n) is 2.21. The van der Waals surface area contributed by atoms with Crippen LogP contribution in [0.4, 0.5) is 0 Å². The highest BCUT2D eigenvalue weighted by atomic mass is 15.1. The summed E-state index contributed by atoms with van der Waals surface area (Å²) in [6.45, 7) is 7.94. The molecule has 0 bridgehead atoms. The minimum atomic E-state index is 0.721. The number of nitrogens with zero attached hydrogens (tertiary/aromatic N) is 1. The Balaban J connectivity index is 2.14. The molecule has 1 fully saturated rings. The SMILES string of the molecule is CC(C)N1CCC(C/C=C\CCN)CC1. The van der Waals surface area contributed by atoms with Gasteiger partial charge in [-0.05, 0) is 65.1 Å². The van der Waals surface area contributed by atoms with Gasteiger partial charge in [-0.15, -0.1) is 0 Å². The maximum Gasteiger partial charge on any atom is 0.00385 e. The summed E-state index contributed by atoms with van der Waals surface area (Å²) < 4.78 is 0. The standard InChI is InChI=1S/C13H26N2/c1-12(2)15-10-7-13(8-11-15)6-4-3-5-9-14/h3-4,12-13H,5-11,14H2,1-2H3/b4-3-. The van der Waals surface area contributed by atoms with Crippen LogP contribution >= 0.6 is 0 Å². The van der Waals surface area contributed by atoms with Crippen molar-refractivity contribution in [3.8, 4) is 0 Å². The van der Waals surface area contributed by atoms with E-state index in [-0.39, 0.29) is 0 Å². The molecule has 0 aliphatic carbocycles. The number of likely N-dealkylation sites (tertiary alicyclic amines) is 1. The van der Waals surface area contributed by atoms with Gasteiger partial charge < -0.3 is 10.6 Å². The Labute approximate surface area is 94.5 Å². The topological polar surface area (TPSA) is 29.3 Å². The summed E-state index contributed by atoms with van der Waals surface area (Å²) in [5.41, 5.74) is 5.44. The van der Waals surface area contributed by atoms with Crippen LogP contribution in [0.1, 0.15) is 39.5 Å². The molecule has 0 unspecified atom stereocenters. The zero-order valence-corrected chi connectivity index (χ0v) is 10.3. The molecule has 1 saturated heterocycles. The fourth-order valence-corrected chi connectivity index (χ4v) is 2.21. The van der Waals surface area contributed by atoms with E-state index >= 15 is 0 Å². The van der Waals surface area contributed by atoms with E-state index in [0.717, 1.165) is 24.9 Å². The first-order valence-electron chi connectivity index (χ1n) is 6.33. The molecule has 0 atom stereocenters. The first-order valence-corrected chi connectivity index (χ1v) is 6.33. The van der Waals surface area contributed by atoms with E-state index in [1.54, 1.807) is 0 Å². The van der Waals surface area contributed by atoms with Gasteiger partial charge in [0, 0.05) is 6.04 Å². The van der Waals surface area contributed by atoms with Crippen molar-refractivity contribution in [1.29, 1.82) is 0 Å². The van der Waals surface area contributed by atoms with Gasteiger partial charge in [-0.2, -0.15) is 0 Å². The number of nitrogens with two attached hydrogens (primary N) is 1. The van der Waals surface area contributed by atoms with Gasteiger partial charge in [-0.3, -0.25) is 0 Å². The molecule has 0 saturated carbocycles. The number of rotatable bonds is 5. The Hall–Kier alpha value is -0.340. The van der Waals surface area contributed by atoms with Crippen LogP contribution in [-0.2, 0) is 0 Å². The molecule has 0 aromatic heterocycles. The van der Waals surface area contributed by atoms with Crippen molar-refractivity contribution in [3.05, 3.63) is 12.2 Å². The van der Waals surface area contributed by atoms with Gasteiger partial charge in [0.1, 0.15) is 0 Å². The minimum Gasteiger partial charge on any atom is -0.330 e. The van der Waals surface area contributed by atoms with E-state index in [0.29, 0.717) is 0 Å². The predicted octanol–water partition coefficient (Wildman–Crippen LogP) is 2.40. The lowest BCUT2D eigenvalue weighted by atomic mass is 9.93. The van der Waals surface area contributed by atoms with Crippen LogP contribution in [0.5, 0.6) is 0 Å². The van der Waals surface area contributed by atoms with Crippen molar-refractivity contribution >= 4 is 0 Å². The van der Waals surface area contributed by atoms with Crippen LogP contribution in [0.15, 0.2) is 12.2 Å². The molecule has 88 valence electrons. The van der Waals surface area contributed by atoms with E-state index in [2.05, 4.69) is 30.9 Å². The average molecular weight is 210 g/mol. The van der Waals surface area contributed by atoms with Gasteiger partial charge in [0.15, 0.2) is 0 Å². The minimum absolute atomic E-state index is 0.721. The Kier molecular flexibility index (Phi) is 5.96. The fraction of sp³-hybridized carbons (Fsp3) is 0.846. The number of piperidine rings is 1. The molecule has 1 rings (SSSR count). The molecular weight excluding hydrogens is 184 g/mol. The number of hydrogen-bond acceptors (Lipinski definition) is 2. The highest BCUT2D eigenvalue weighted by Crippen LogP contribution is 2.22. The Bertz CT molecular complexity index is 179. The summed E-state index contributed by atoms with van der Waals surface area (Å²) in [6, 6.07) is 0.721. The second kappa shape index (κ2) is 7.02. The van der Waals surface area contributed by atoms with Gasteiger partial charge in [0.2, 0.25) is 0 Å². The van der Waals surface area contributed by atoms with E-state index in [1.807, 2.05) is 0 Å². The largest absolute Gasteiger partial charge is 0.330 e. The lowest BCUT2D eigenvalue weighted by Crippen LogP contribution is -2.38. The van der Waals surface area contributed by atoms with Crippen LogP contribution in [-0.4, -0.2) is 30.6 Å². The average Bonchev–Trinajstić information content (AvgIpc) is 2.25. The van der Waals surface area contributed by atoms with E-state index in [9.17, 15) is 0 Å². The first kappa shape index (κ1) is 12.7. The Morgan fingerprint density at radius 3 is 2.47 bits per heavy atom. The lowest BCUT2D eigenvalue weighted by molar-refractivity contribution is 0.150. The van der Waals surface area contributed by atoms with Crippen LogP contribution in [0.3, 0.4) is 0 Å². The Morgan fingerprint density at radius 1 is 1.27 bits per heavy atom. The molecule has 0 spiro atoms. The van der Waals surface area contributed by atoms with Crippen molar-refractivity contribution in [2.75, 3.05) is 19.6 Å². The zero-order chi connectivity index (χ0) is 11.1. The zero-order valence-electron chi connectivity index (χ0n) is 10.3. The van der Waals surface area contributed by atoms with E-state index < -0.39 is 0 Å². The molecule has 2 N–H and O–H groups in total. The molecule has 0 aromatic rings. The summed E-state index contributed by atoms with van der Waals surface area (Å²) in [7, 11) is 0. The third-order valence-corrected chi connectivity index (χ3v) is 3.35. The second-order valence-electron chi connectivity index (χ2n) is 4.86. The Morgan fingerprint density at radius 2 is 1.93 bits per heavy atom. The quantitative estimate of drug-likeness (QED) is 0.706. The predicted molar refractivity (Wildman–Crippen MR) is 66.9 cm³/mol. The molecule has 1 heterocycles. The van der Waals surface area contributed by atoms with E-state index in [1.165, 1.54) is 32.4 Å². The highest BCUT2D eigenvalue weighted by molar-refractivity contribution is 4.86. The highest BCUT2D eigenvalue weighted by Gasteiger charge is 2.19. The molecule has 1 aliphatic heterocycles. The molecule has 2 heteroatoms. The summed E-state index contributed by atoms with van der Waals surface area (Å²) >= 11 is 0.